The van der Waals surface area contributed by atoms with E-state index >= 15 is 0 Å². The zero-order chi connectivity index (χ0) is 15.9. The van der Waals surface area contributed by atoms with E-state index in [1.165, 1.54) is 24.3 Å². The van der Waals surface area contributed by atoms with Crippen molar-refractivity contribution in [2.75, 3.05) is 31.1 Å². The van der Waals surface area contributed by atoms with E-state index in [0.29, 0.717) is 36.0 Å². The fourth-order valence-electron chi connectivity index (χ4n) is 2.51. The van der Waals surface area contributed by atoms with E-state index in [1.807, 2.05) is 4.90 Å². The second-order valence-corrected chi connectivity index (χ2v) is 6.15. The van der Waals surface area contributed by atoms with E-state index in [0.717, 1.165) is 6.07 Å². The highest BCUT2D eigenvalue weighted by atomic mass is 32.1. The van der Waals surface area contributed by atoms with E-state index in [-0.39, 0.29) is 11.4 Å². The second kappa shape index (κ2) is 5.42. The third-order valence-electron chi connectivity index (χ3n) is 3.71. The van der Waals surface area contributed by atoms with Crippen molar-refractivity contribution in [3.05, 3.63) is 23.8 Å². The van der Waals surface area contributed by atoms with Crippen molar-refractivity contribution in [2.45, 2.75) is 13.1 Å². The Balaban J connectivity index is 1.89. The summed E-state index contributed by atoms with van der Waals surface area (Å²) in [6.45, 7) is 3.82. The predicted molar refractivity (Wildman–Crippen MR) is 79.1 cm³/mol. The maximum absolute atomic E-state index is 13.0. The molecule has 1 aliphatic rings. The minimum atomic E-state index is -4.40. The molecule has 0 saturated carbocycles. The molecule has 2 aromatic rings. The lowest BCUT2D eigenvalue weighted by molar-refractivity contribution is -0.136. The van der Waals surface area contributed by atoms with Gasteiger partial charge in [-0.05, 0) is 12.1 Å². The number of carbonyl (C=O) groups is 1. The van der Waals surface area contributed by atoms with Gasteiger partial charge in [-0.1, -0.05) is 17.4 Å². The van der Waals surface area contributed by atoms with E-state index < -0.39 is 11.7 Å². The highest BCUT2D eigenvalue weighted by Gasteiger charge is 2.34. The first kappa shape index (κ1) is 15.1. The summed E-state index contributed by atoms with van der Waals surface area (Å²) in [5.41, 5.74) is -0.695. The number of carbonyl (C=O) groups excluding carboxylic acids is 1. The lowest BCUT2D eigenvalue weighted by atomic mass is 10.2. The third kappa shape index (κ3) is 2.75. The molecular weight excluding hydrogens is 315 g/mol. The van der Waals surface area contributed by atoms with Crippen LogP contribution in [-0.2, 0) is 11.0 Å². The largest absolute Gasteiger partial charge is 0.418 e. The van der Waals surface area contributed by atoms with Crippen LogP contribution in [0.25, 0.3) is 10.2 Å². The molecule has 0 N–H and O–H groups in total. The molecule has 118 valence electrons. The fourth-order valence-corrected chi connectivity index (χ4v) is 3.56. The Morgan fingerprint density at radius 2 is 1.91 bits per heavy atom. The molecular formula is C14H14F3N3OS. The second-order valence-electron chi connectivity index (χ2n) is 5.14. The van der Waals surface area contributed by atoms with Gasteiger partial charge in [0.2, 0.25) is 5.91 Å². The molecule has 8 heteroatoms. The molecule has 1 saturated heterocycles. The zero-order valence-corrected chi connectivity index (χ0v) is 12.7. The van der Waals surface area contributed by atoms with Gasteiger partial charge in [-0.3, -0.25) is 4.79 Å². The maximum Gasteiger partial charge on any atom is 0.418 e. The summed E-state index contributed by atoms with van der Waals surface area (Å²) in [5.74, 6) is 0.0170. The molecule has 1 aromatic heterocycles. The molecule has 0 radical (unpaired) electrons. The summed E-state index contributed by atoms with van der Waals surface area (Å²) < 4.78 is 39.6. The standard InChI is InChI=1S/C14H14F3N3OS/c1-9(21)19-5-7-20(8-6-19)13-18-12-10(14(15,16)17)3-2-4-11(12)22-13/h2-4H,5-8H2,1H3. The molecule has 22 heavy (non-hydrogen) atoms. The number of amides is 1. The molecule has 1 aliphatic heterocycles. The van der Waals surface area contributed by atoms with Crippen LogP contribution >= 0.6 is 11.3 Å². The maximum atomic E-state index is 13.0. The van der Waals surface area contributed by atoms with Crippen molar-refractivity contribution < 1.29 is 18.0 Å². The van der Waals surface area contributed by atoms with Gasteiger partial charge in [-0.15, -0.1) is 0 Å². The summed E-state index contributed by atoms with van der Waals surface area (Å²) in [7, 11) is 0. The number of alkyl halides is 3. The molecule has 4 nitrogen and oxygen atoms in total. The number of anilines is 1. The van der Waals surface area contributed by atoms with E-state index in [4.69, 9.17) is 0 Å². The Hall–Kier alpha value is -1.83. The van der Waals surface area contributed by atoms with Crippen molar-refractivity contribution in [1.82, 2.24) is 9.88 Å². The number of piperazine rings is 1. The number of hydrogen-bond acceptors (Lipinski definition) is 4. The van der Waals surface area contributed by atoms with Gasteiger partial charge in [-0.2, -0.15) is 13.2 Å². The van der Waals surface area contributed by atoms with Gasteiger partial charge in [0.1, 0.15) is 0 Å². The SMILES string of the molecule is CC(=O)N1CCN(c2nc3c(C(F)(F)F)cccc3s2)CC1. The lowest BCUT2D eigenvalue weighted by Gasteiger charge is -2.33. The highest BCUT2D eigenvalue weighted by Crippen LogP contribution is 2.38. The first-order valence-corrected chi connectivity index (χ1v) is 7.65. The van der Waals surface area contributed by atoms with Crippen molar-refractivity contribution in [3.8, 4) is 0 Å². The monoisotopic (exact) mass is 329 g/mol. The van der Waals surface area contributed by atoms with E-state index in [1.54, 1.807) is 11.0 Å². The predicted octanol–water partition coefficient (Wildman–Crippen LogP) is 2.98. The number of benzene rings is 1. The number of aromatic nitrogens is 1. The third-order valence-corrected chi connectivity index (χ3v) is 4.79. The Morgan fingerprint density at radius 3 is 2.50 bits per heavy atom. The average molecular weight is 329 g/mol. The summed E-state index contributed by atoms with van der Waals surface area (Å²) in [6.07, 6.45) is -4.40. The van der Waals surface area contributed by atoms with Crippen molar-refractivity contribution in [3.63, 3.8) is 0 Å². The smallest absolute Gasteiger partial charge is 0.345 e. The van der Waals surface area contributed by atoms with Crippen LogP contribution in [-0.4, -0.2) is 42.0 Å². The molecule has 1 aromatic carbocycles. The normalized spacial score (nSPS) is 16.4. The number of hydrogen-bond donors (Lipinski definition) is 0. The molecule has 0 aliphatic carbocycles. The zero-order valence-electron chi connectivity index (χ0n) is 11.9. The number of halogens is 3. The first-order valence-electron chi connectivity index (χ1n) is 6.83. The van der Waals surface area contributed by atoms with Gasteiger partial charge in [0.15, 0.2) is 5.13 Å². The van der Waals surface area contributed by atoms with Gasteiger partial charge in [0.25, 0.3) is 0 Å². The molecule has 0 bridgehead atoms. The van der Waals surface area contributed by atoms with Crippen LogP contribution in [0.2, 0.25) is 0 Å². The Bertz CT molecular complexity index is 705. The number of para-hydroxylation sites is 1. The number of nitrogens with zero attached hydrogens (tertiary/aromatic N) is 3. The first-order chi connectivity index (χ1) is 10.4. The Morgan fingerprint density at radius 1 is 1.23 bits per heavy atom. The molecule has 3 rings (SSSR count). The fraction of sp³-hybridized carbons (Fsp3) is 0.429. The van der Waals surface area contributed by atoms with Crippen LogP contribution in [0.4, 0.5) is 18.3 Å². The topological polar surface area (TPSA) is 36.4 Å². The quantitative estimate of drug-likeness (QED) is 0.807. The number of fused-ring (bicyclic) bond motifs is 1. The lowest BCUT2D eigenvalue weighted by Crippen LogP contribution is -2.48. The van der Waals surface area contributed by atoms with Gasteiger partial charge in [0, 0.05) is 33.1 Å². The van der Waals surface area contributed by atoms with Crippen LogP contribution in [0.15, 0.2) is 18.2 Å². The van der Waals surface area contributed by atoms with Crippen LogP contribution in [0.1, 0.15) is 12.5 Å². The highest BCUT2D eigenvalue weighted by molar-refractivity contribution is 7.22. The van der Waals surface area contributed by atoms with Crippen LogP contribution in [0.3, 0.4) is 0 Å². The van der Waals surface area contributed by atoms with E-state index in [2.05, 4.69) is 4.98 Å². The Labute approximate surface area is 129 Å². The van der Waals surface area contributed by atoms with Gasteiger partial charge < -0.3 is 9.80 Å². The van der Waals surface area contributed by atoms with Crippen molar-refractivity contribution in [2.24, 2.45) is 0 Å². The molecule has 1 amide bonds. The Kier molecular flexibility index (Phi) is 3.72. The molecule has 0 unspecified atom stereocenters. The van der Waals surface area contributed by atoms with Gasteiger partial charge >= 0.3 is 6.18 Å². The molecule has 1 fully saturated rings. The minimum absolute atomic E-state index is 0.00370. The minimum Gasteiger partial charge on any atom is -0.345 e. The summed E-state index contributed by atoms with van der Waals surface area (Å²) >= 11 is 1.26. The van der Waals surface area contributed by atoms with Gasteiger partial charge in [-0.25, -0.2) is 4.98 Å². The van der Waals surface area contributed by atoms with Crippen molar-refractivity contribution >= 4 is 32.6 Å². The molecule has 0 spiro atoms. The van der Waals surface area contributed by atoms with Crippen molar-refractivity contribution in [1.29, 1.82) is 0 Å². The van der Waals surface area contributed by atoms with Crippen LogP contribution in [0, 0.1) is 0 Å². The van der Waals surface area contributed by atoms with Crippen LogP contribution < -0.4 is 4.90 Å². The van der Waals surface area contributed by atoms with Crippen LogP contribution in [0.5, 0.6) is 0 Å². The average Bonchev–Trinajstić information content (AvgIpc) is 2.90. The summed E-state index contributed by atoms with van der Waals surface area (Å²) in [4.78, 5) is 19.2. The summed E-state index contributed by atoms with van der Waals surface area (Å²) in [6, 6.07) is 4.11. The molecule has 0 atom stereocenters. The number of rotatable bonds is 1. The van der Waals surface area contributed by atoms with E-state index in [9.17, 15) is 18.0 Å². The van der Waals surface area contributed by atoms with Gasteiger partial charge in [0.05, 0.1) is 15.8 Å². The summed E-state index contributed by atoms with van der Waals surface area (Å²) in [5, 5.41) is 0.579. The number of thiazole rings is 1. The molecule has 2 heterocycles.